The van der Waals surface area contributed by atoms with E-state index in [2.05, 4.69) is 49.3 Å². The number of aliphatic hydroxyl groups is 1. The smallest absolute Gasteiger partial charge is 0.276 e. The summed E-state index contributed by atoms with van der Waals surface area (Å²) in [5.74, 6) is -1.05. The molecule has 0 heterocycles. The molecule has 3 N–H and O–H groups in total. The number of aryl methyl sites for hydroxylation is 1. The third-order valence-electron chi connectivity index (χ3n) is 3.35. The lowest BCUT2D eigenvalue weighted by Crippen LogP contribution is -2.33. The first-order valence-electron chi connectivity index (χ1n) is 7.73. The molecule has 26 heavy (non-hydrogen) atoms. The van der Waals surface area contributed by atoms with Gasteiger partial charge < -0.3 is 10.4 Å². The second-order valence-corrected chi connectivity index (χ2v) is 8.53. The Morgan fingerprint density at radius 2 is 2.00 bits per heavy atom. The lowest BCUT2D eigenvalue weighted by atomic mass is 10.1. The van der Waals surface area contributed by atoms with Gasteiger partial charge in [-0.15, -0.1) is 0 Å². The van der Waals surface area contributed by atoms with Gasteiger partial charge in [-0.3, -0.25) is 9.63 Å². The lowest BCUT2D eigenvalue weighted by Gasteiger charge is -2.18. The SMILES string of the molecule is Cc1cc(I)ccc1Nc1cc(F)c(Br)cc1C(=O)NOCC(C)(C)O. The number of hydrogen-bond donors (Lipinski definition) is 3. The van der Waals surface area contributed by atoms with Crippen LogP contribution in [0.5, 0.6) is 0 Å². The molecule has 5 nitrogen and oxygen atoms in total. The number of anilines is 2. The van der Waals surface area contributed by atoms with Crippen LogP contribution in [-0.4, -0.2) is 23.2 Å². The standard InChI is InChI=1S/C18H19BrFIN2O3/c1-10-6-11(21)4-5-15(10)22-16-8-14(20)13(19)7-12(16)17(24)23-26-9-18(2,3)25/h4-8,22,25H,9H2,1-3H3,(H,23,24). The molecule has 2 aromatic carbocycles. The lowest BCUT2D eigenvalue weighted by molar-refractivity contribution is -0.0522. The van der Waals surface area contributed by atoms with E-state index in [9.17, 15) is 14.3 Å². The first-order chi connectivity index (χ1) is 12.1. The van der Waals surface area contributed by atoms with Crippen LogP contribution in [0, 0.1) is 16.3 Å². The molecule has 0 saturated carbocycles. The summed E-state index contributed by atoms with van der Waals surface area (Å²) in [7, 11) is 0. The van der Waals surface area contributed by atoms with E-state index in [0.29, 0.717) is 5.69 Å². The maximum atomic E-state index is 14.0. The Morgan fingerprint density at radius 1 is 1.31 bits per heavy atom. The fourth-order valence-corrected chi connectivity index (χ4v) is 3.07. The predicted octanol–water partition coefficient (Wildman–Crippen LogP) is 4.68. The Hall–Kier alpha value is -1.23. The van der Waals surface area contributed by atoms with Gasteiger partial charge >= 0.3 is 0 Å². The minimum Gasteiger partial charge on any atom is -0.388 e. The van der Waals surface area contributed by atoms with Gasteiger partial charge in [-0.1, -0.05) is 0 Å². The van der Waals surface area contributed by atoms with Crippen molar-refractivity contribution in [2.24, 2.45) is 0 Å². The van der Waals surface area contributed by atoms with Crippen LogP contribution >= 0.6 is 38.5 Å². The van der Waals surface area contributed by atoms with Gasteiger partial charge in [0.05, 0.1) is 21.3 Å². The molecule has 140 valence electrons. The van der Waals surface area contributed by atoms with Crippen LogP contribution in [0.25, 0.3) is 0 Å². The van der Waals surface area contributed by atoms with Crippen molar-refractivity contribution in [2.45, 2.75) is 26.4 Å². The number of benzene rings is 2. The molecule has 0 aliphatic rings. The highest BCUT2D eigenvalue weighted by Gasteiger charge is 2.18. The fourth-order valence-electron chi connectivity index (χ4n) is 2.08. The molecule has 0 bridgehead atoms. The zero-order valence-corrected chi connectivity index (χ0v) is 18.2. The number of amides is 1. The molecular weight excluding hydrogens is 518 g/mol. The van der Waals surface area contributed by atoms with E-state index in [1.54, 1.807) is 13.8 Å². The summed E-state index contributed by atoms with van der Waals surface area (Å²) in [4.78, 5) is 17.5. The monoisotopic (exact) mass is 536 g/mol. The molecule has 0 aliphatic heterocycles. The van der Waals surface area contributed by atoms with Crippen LogP contribution in [0.15, 0.2) is 34.8 Å². The molecular formula is C18H19BrFIN2O3. The number of carbonyl (C=O) groups is 1. The summed E-state index contributed by atoms with van der Waals surface area (Å²) in [5, 5.41) is 12.7. The van der Waals surface area contributed by atoms with Gasteiger partial charge in [0.2, 0.25) is 0 Å². The summed E-state index contributed by atoms with van der Waals surface area (Å²) in [6.45, 7) is 4.95. The number of rotatable bonds is 6. The van der Waals surface area contributed by atoms with Gasteiger partial charge in [0, 0.05) is 9.26 Å². The second kappa shape index (κ2) is 8.64. The summed E-state index contributed by atoms with van der Waals surface area (Å²) < 4.78 is 15.3. The van der Waals surface area contributed by atoms with Crippen molar-refractivity contribution < 1.29 is 19.1 Å². The van der Waals surface area contributed by atoms with E-state index < -0.39 is 17.3 Å². The molecule has 0 unspecified atom stereocenters. The van der Waals surface area contributed by atoms with Crippen molar-refractivity contribution in [3.63, 3.8) is 0 Å². The van der Waals surface area contributed by atoms with Crippen LogP contribution in [0.3, 0.4) is 0 Å². The van der Waals surface area contributed by atoms with Gasteiger partial charge in [-0.25, -0.2) is 9.87 Å². The summed E-state index contributed by atoms with van der Waals surface area (Å²) in [5.41, 5.74) is 3.41. The van der Waals surface area contributed by atoms with Crippen molar-refractivity contribution in [1.82, 2.24) is 5.48 Å². The van der Waals surface area contributed by atoms with E-state index in [0.717, 1.165) is 14.8 Å². The third-order valence-corrected chi connectivity index (χ3v) is 4.63. The molecule has 0 aromatic heterocycles. The van der Waals surface area contributed by atoms with Gasteiger partial charge in [0.1, 0.15) is 12.4 Å². The van der Waals surface area contributed by atoms with E-state index in [1.807, 2.05) is 25.1 Å². The molecule has 2 rings (SSSR count). The molecule has 8 heteroatoms. The molecule has 0 fully saturated rings. The maximum Gasteiger partial charge on any atom is 0.276 e. The molecule has 1 amide bonds. The Bertz CT molecular complexity index is 825. The second-order valence-electron chi connectivity index (χ2n) is 6.43. The summed E-state index contributed by atoms with van der Waals surface area (Å²) >= 11 is 5.30. The molecule has 0 spiro atoms. The Kier molecular flexibility index (Phi) is 7.00. The van der Waals surface area contributed by atoms with Crippen LogP contribution in [0.4, 0.5) is 15.8 Å². The Balaban J connectivity index is 2.28. The normalized spacial score (nSPS) is 11.3. The van der Waals surface area contributed by atoms with Crippen LogP contribution in [0.2, 0.25) is 0 Å². The number of nitrogens with one attached hydrogen (secondary N) is 2. The van der Waals surface area contributed by atoms with Crippen molar-refractivity contribution in [1.29, 1.82) is 0 Å². The van der Waals surface area contributed by atoms with E-state index in [-0.39, 0.29) is 16.6 Å². The topological polar surface area (TPSA) is 70.6 Å². The van der Waals surface area contributed by atoms with Crippen molar-refractivity contribution in [3.8, 4) is 0 Å². The number of halogens is 3. The maximum absolute atomic E-state index is 14.0. The first kappa shape index (κ1) is 21.1. The predicted molar refractivity (Wildman–Crippen MR) is 111 cm³/mol. The van der Waals surface area contributed by atoms with E-state index in [4.69, 9.17) is 4.84 Å². The van der Waals surface area contributed by atoms with E-state index in [1.165, 1.54) is 12.1 Å². The van der Waals surface area contributed by atoms with Gasteiger partial charge in [-0.05, 0) is 95.2 Å². The van der Waals surface area contributed by atoms with Crippen molar-refractivity contribution >= 4 is 55.8 Å². The number of hydroxylamine groups is 1. The number of hydrogen-bond acceptors (Lipinski definition) is 4. The summed E-state index contributed by atoms with van der Waals surface area (Å²) in [6, 6.07) is 8.37. The van der Waals surface area contributed by atoms with Gasteiger partial charge in [-0.2, -0.15) is 0 Å². The first-order valence-corrected chi connectivity index (χ1v) is 9.61. The van der Waals surface area contributed by atoms with Crippen molar-refractivity contribution in [2.75, 3.05) is 11.9 Å². The minimum absolute atomic E-state index is 0.0832. The fraction of sp³-hybridized carbons (Fsp3) is 0.278. The molecule has 0 aliphatic carbocycles. The minimum atomic E-state index is -1.09. The quantitative estimate of drug-likeness (QED) is 0.370. The molecule has 2 aromatic rings. The highest BCUT2D eigenvalue weighted by atomic mass is 127. The highest BCUT2D eigenvalue weighted by molar-refractivity contribution is 14.1. The zero-order valence-electron chi connectivity index (χ0n) is 14.5. The summed E-state index contributed by atoms with van der Waals surface area (Å²) in [6.07, 6.45) is 0. The zero-order chi connectivity index (χ0) is 19.5. The van der Waals surface area contributed by atoms with Gasteiger partial charge in [0.25, 0.3) is 5.91 Å². The molecule has 0 radical (unpaired) electrons. The van der Waals surface area contributed by atoms with Crippen LogP contribution < -0.4 is 10.8 Å². The van der Waals surface area contributed by atoms with E-state index >= 15 is 0 Å². The highest BCUT2D eigenvalue weighted by Crippen LogP contribution is 2.29. The average Bonchev–Trinajstić information content (AvgIpc) is 2.51. The third kappa shape index (κ3) is 5.90. The molecule has 0 atom stereocenters. The largest absolute Gasteiger partial charge is 0.388 e. The van der Waals surface area contributed by atoms with Crippen LogP contribution in [-0.2, 0) is 4.84 Å². The Labute approximate surface area is 173 Å². The van der Waals surface area contributed by atoms with Crippen LogP contribution in [0.1, 0.15) is 29.8 Å². The molecule has 0 saturated heterocycles. The number of carbonyl (C=O) groups excluding carboxylic acids is 1. The average molecular weight is 537 g/mol. The van der Waals surface area contributed by atoms with Gasteiger partial charge in [0.15, 0.2) is 0 Å². The Morgan fingerprint density at radius 3 is 2.62 bits per heavy atom. The van der Waals surface area contributed by atoms with Crippen molar-refractivity contribution in [3.05, 3.63) is 55.3 Å².